The highest BCUT2D eigenvalue weighted by atomic mass is 79.9. The van der Waals surface area contributed by atoms with Crippen molar-refractivity contribution in [1.29, 1.82) is 0 Å². The van der Waals surface area contributed by atoms with Crippen molar-refractivity contribution in [2.24, 2.45) is 0 Å². The van der Waals surface area contributed by atoms with Crippen molar-refractivity contribution >= 4 is 185 Å². The van der Waals surface area contributed by atoms with Crippen molar-refractivity contribution < 1.29 is 79.9 Å². The zero-order valence-corrected chi connectivity index (χ0v) is 71.6. The first-order valence-electron chi connectivity index (χ1n) is 32.5. The number of rotatable bonds is 72. The van der Waals surface area contributed by atoms with Crippen LogP contribution in [0.15, 0.2) is 0 Å². The molecule has 572 valence electrons. The summed E-state index contributed by atoms with van der Waals surface area (Å²) in [5.41, 5.74) is 0. The first-order valence-corrected chi connectivity index (χ1v) is 52.5. The van der Waals surface area contributed by atoms with Crippen LogP contribution < -0.4 is 0 Å². The van der Waals surface area contributed by atoms with Gasteiger partial charge in [0.2, 0.25) is 0 Å². The molecule has 0 aliphatic carbocycles. The summed E-state index contributed by atoms with van der Waals surface area (Å²) < 4.78 is 60.5. The molecule has 0 bridgehead atoms. The predicted octanol–water partition coefficient (Wildman–Crippen LogP) is 13.2. The fourth-order valence-electron chi connectivity index (χ4n) is 6.30. The molecule has 0 unspecified atom stereocenters. The van der Waals surface area contributed by atoms with Crippen molar-refractivity contribution in [2.45, 2.75) is 118 Å². The fraction of sp³-hybridized carbons (Fsp3) is 1.00. The molecule has 0 saturated carbocycles. The Hall–Kier alpha value is 4.65. The number of thiol groups is 2. The van der Waals surface area contributed by atoms with Gasteiger partial charge in [0.1, 0.15) is 0 Å². The van der Waals surface area contributed by atoms with Gasteiger partial charge in [-0.2, -0.15) is 143 Å². The molecule has 33 heteroatoms. The predicted molar refractivity (Wildman–Crippen MR) is 445 cm³/mol. The average Bonchev–Trinajstić information content (AvgIpc) is 2.53. The topological polar surface area (TPSA) is 223 Å². The lowest BCUT2D eigenvalue weighted by molar-refractivity contribution is 0.0605. The van der Waals surface area contributed by atoms with E-state index in [1.54, 1.807) is 44.9 Å². The highest BCUT2D eigenvalue weighted by Crippen LogP contribution is 2.17. The summed E-state index contributed by atoms with van der Waals surface area (Å²) in [6.07, 6.45) is 9.37. The minimum absolute atomic E-state index is 0. The Labute approximate surface area is 636 Å². The van der Waals surface area contributed by atoms with E-state index in [0.29, 0.717) is 65.7 Å². The largest absolute Gasteiger partial charge is 0.500 e. The van der Waals surface area contributed by atoms with Crippen LogP contribution in [-0.2, 0) is 51.2 Å². The maximum absolute atomic E-state index is 8.95. The zero-order valence-electron chi connectivity index (χ0n) is 57.1. The van der Waals surface area contributed by atoms with Gasteiger partial charge in [0.15, 0.2) is 0 Å². The minimum Gasteiger partial charge on any atom is -0.390 e. The van der Waals surface area contributed by atoms with Gasteiger partial charge in [-0.05, 0) is 138 Å². The van der Waals surface area contributed by atoms with Crippen LogP contribution in [0.5, 0.6) is 0 Å². The van der Waals surface area contributed by atoms with Crippen molar-refractivity contribution in [3.8, 4) is 0 Å². The molecule has 0 amide bonds. The lowest BCUT2D eigenvalue weighted by Gasteiger charge is -2.23. The summed E-state index contributed by atoms with van der Waals surface area (Å²) in [5.74, 6) is 23.4. The van der Waals surface area contributed by atoms with Crippen LogP contribution in [0.3, 0.4) is 0 Å². The number of alkyl halides is 1. The van der Waals surface area contributed by atoms with E-state index in [0.717, 1.165) is 187 Å². The van der Waals surface area contributed by atoms with E-state index in [4.69, 9.17) is 79.9 Å². The average molecular weight is 1680 g/mol. The molecule has 0 atom stereocenters. The van der Waals surface area contributed by atoms with Crippen molar-refractivity contribution in [2.75, 3.05) is 259 Å². The van der Waals surface area contributed by atoms with Crippen LogP contribution in [0.25, 0.3) is 0 Å². The lowest BCUT2D eigenvalue weighted by atomic mass is 10.6. The summed E-state index contributed by atoms with van der Waals surface area (Å²) in [7, 11) is -5.05. The maximum Gasteiger partial charge on any atom is 0.500 e. The van der Waals surface area contributed by atoms with Gasteiger partial charge in [0, 0.05) is 90.8 Å². The van der Waals surface area contributed by atoms with Crippen LogP contribution in [0, 0.1) is 0 Å². The molecule has 0 heterocycles. The highest BCUT2D eigenvalue weighted by Gasteiger charge is 2.36. The van der Waals surface area contributed by atoms with Gasteiger partial charge in [-0.3, -0.25) is 0 Å². The minimum atomic E-state index is -3.84. The van der Waals surface area contributed by atoms with Crippen LogP contribution >= 0.6 is 159 Å². The standard InChI is InChI=1S/C27H60O10S6Si2.C21H44O4S6.C6H15BrO3Si.2C2H6.2CH4/c28-44(29,30)26-4-20-38-14-1-16-40-22-10-34-6-8-36-12-24-42-18-3-19-43-25-13-37-9-7-35-11-23-41-17-2-15-39-21-5-27-45(31,32)33;26-12-1-14-28-18-8-22-4-6-24-10-20-30-16-3-17-31-21-11-25-7-5-23-9-19-29-15-2-13-27;1-8-11(9-2,10-3)6-4-5-7;2*1-2;;/h28-33H,1-27H2;26-27H,1-21H2;4-6H2,1-3H3;2*1-2H3;2*1H4. The SMILES string of the molecule is C.C.CC.CC.CO[Si](CCCBr)(OC)OC.O[Si](O)(O)CCCSCCCSCCOCCOCCSCCCSCCOCCOCCSCCCSCCC[Si](O)(O)O.SCCCSCCOCCOCCSCCCSCCOCCOCCSCCCS. The van der Waals surface area contributed by atoms with Gasteiger partial charge >= 0.3 is 26.4 Å². The Kier molecular flexibility index (Phi) is 118. The lowest BCUT2D eigenvalue weighted by Crippen LogP contribution is -2.42. The van der Waals surface area contributed by atoms with Crippen molar-refractivity contribution in [3.05, 3.63) is 0 Å². The van der Waals surface area contributed by atoms with Crippen LogP contribution in [-0.4, -0.2) is 314 Å². The first-order chi connectivity index (χ1) is 44.4. The summed E-state index contributed by atoms with van der Waals surface area (Å²) in [6.45, 7) is 19.7. The van der Waals surface area contributed by atoms with Gasteiger partial charge < -0.3 is 79.9 Å². The third-order valence-electron chi connectivity index (χ3n) is 10.8. The molecule has 0 aliphatic heterocycles. The molecule has 0 aromatic heterocycles. The van der Waals surface area contributed by atoms with Gasteiger partial charge in [0.25, 0.3) is 0 Å². The third-order valence-corrected chi connectivity index (χ3v) is 27.5. The Morgan fingerprint density at radius 1 is 0.269 bits per heavy atom. The number of ether oxygens (including phenoxy) is 8. The molecular formula is C60H139BrO17S12Si3. The number of thioether (sulfide) groups is 10. The van der Waals surface area contributed by atoms with Crippen LogP contribution in [0.1, 0.15) is 100 Å². The maximum atomic E-state index is 8.95. The Morgan fingerprint density at radius 3 is 0.624 bits per heavy atom. The van der Waals surface area contributed by atoms with Gasteiger partial charge in [0.05, 0.1) is 106 Å². The molecule has 0 aliphatic rings. The molecular weight excluding hydrogens is 1540 g/mol. The molecule has 0 fully saturated rings. The van der Waals surface area contributed by atoms with Gasteiger partial charge in [-0.25, -0.2) is 0 Å². The molecule has 93 heavy (non-hydrogen) atoms. The summed E-state index contributed by atoms with van der Waals surface area (Å²) >= 11 is 30.8. The Morgan fingerprint density at radius 2 is 0.452 bits per heavy atom. The molecule has 17 nitrogen and oxygen atoms in total. The molecule has 0 aromatic carbocycles. The van der Waals surface area contributed by atoms with E-state index in [-0.39, 0.29) is 26.9 Å². The summed E-state index contributed by atoms with van der Waals surface area (Å²) in [5, 5.41) is 0.956. The molecule has 6 N–H and O–H groups in total. The highest BCUT2D eigenvalue weighted by molar-refractivity contribution is 9.09. The summed E-state index contributed by atoms with van der Waals surface area (Å²) in [6, 6.07) is 1.13. The normalized spacial score (nSPS) is 11.4. The number of halogens is 1. The van der Waals surface area contributed by atoms with Gasteiger partial charge in [-0.15, -0.1) is 0 Å². The molecule has 0 spiro atoms. The molecule has 0 rings (SSSR count). The van der Waals surface area contributed by atoms with Crippen LogP contribution in [0.4, 0.5) is 0 Å². The zero-order chi connectivity index (χ0) is 68.4. The smallest absolute Gasteiger partial charge is 0.390 e. The van der Waals surface area contributed by atoms with E-state index in [2.05, 4.69) is 41.2 Å². The second-order valence-electron chi connectivity index (χ2n) is 18.4. The fourth-order valence-corrected chi connectivity index (χ4v) is 20.2. The second kappa shape index (κ2) is 98.7. The van der Waals surface area contributed by atoms with Crippen molar-refractivity contribution in [3.63, 3.8) is 0 Å². The van der Waals surface area contributed by atoms with Crippen LogP contribution in [0.2, 0.25) is 18.1 Å². The Bertz CT molecular complexity index is 1200. The quantitative estimate of drug-likeness (QED) is 0.0123. The van der Waals surface area contributed by atoms with Gasteiger partial charge in [-0.1, -0.05) is 58.5 Å². The summed E-state index contributed by atoms with van der Waals surface area (Å²) in [4.78, 5) is 53.7. The second-order valence-corrected chi connectivity index (χ2v) is 39.6. The molecule has 0 radical (unpaired) electrons. The first kappa shape index (κ1) is 111. The van der Waals surface area contributed by atoms with E-state index < -0.39 is 26.4 Å². The Balaban J connectivity index is -0.000000266. The number of hydrogen-bond donors (Lipinski definition) is 8. The van der Waals surface area contributed by atoms with Crippen molar-refractivity contribution in [1.82, 2.24) is 0 Å². The van der Waals surface area contributed by atoms with E-state index >= 15 is 0 Å². The van der Waals surface area contributed by atoms with E-state index in [1.165, 1.54) is 48.7 Å². The monoisotopic (exact) mass is 1680 g/mol. The third kappa shape index (κ3) is 110. The van der Waals surface area contributed by atoms with E-state index in [1.807, 2.05) is 122 Å². The molecule has 0 aromatic rings. The molecule has 0 saturated heterocycles. The van der Waals surface area contributed by atoms with E-state index in [9.17, 15) is 0 Å². The number of hydrogen-bond acceptors (Lipinski definition) is 29.